The number of nitrogens with zero attached hydrogens (tertiary/aromatic N) is 1. The first kappa shape index (κ1) is 12.9. The number of hydrogen-bond donors (Lipinski definition) is 2. The number of hydrogen-bond acceptors (Lipinski definition) is 3. The van der Waals surface area contributed by atoms with Gasteiger partial charge in [-0.05, 0) is 19.5 Å². The van der Waals surface area contributed by atoms with Crippen molar-refractivity contribution in [3.8, 4) is 0 Å². The molecule has 0 aliphatic carbocycles. The van der Waals surface area contributed by atoms with Gasteiger partial charge >= 0.3 is 0 Å². The number of rotatable bonds is 7. The summed E-state index contributed by atoms with van der Waals surface area (Å²) < 4.78 is 0. The average molecular weight is 189 g/mol. The van der Waals surface area contributed by atoms with E-state index in [2.05, 4.69) is 18.7 Å². The van der Waals surface area contributed by atoms with Crippen molar-refractivity contribution in [2.24, 2.45) is 5.41 Å². The summed E-state index contributed by atoms with van der Waals surface area (Å²) in [7, 11) is 0. The molecular weight excluding hydrogens is 166 g/mol. The molecule has 0 aromatic heterocycles. The molecule has 3 nitrogen and oxygen atoms in total. The van der Waals surface area contributed by atoms with Crippen molar-refractivity contribution >= 4 is 0 Å². The van der Waals surface area contributed by atoms with Crippen LogP contribution in [0.2, 0.25) is 0 Å². The van der Waals surface area contributed by atoms with Crippen LogP contribution in [-0.2, 0) is 0 Å². The normalized spacial score (nSPS) is 12.5. The van der Waals surface area contributed by atoms with Crippen molar-refractivity contribution < 1.29 is 10.2 Å². The Morgan fingerprint density at radius 1 is 1.00 bits per heavy atom. The van der Waals surface area contributed by atoms with Crippen LogP contribution in [0, 0.1) is 5.41 Å². The van der Waals surface area contributed by atoms with Gasteiger partial charge in [0.15, 0.2) is 0 Å². The summed E-state index contributed by atoms with van der Waals surface area (Å²) in [6.07, 6.45) is 0.816. The third-order valence-corrected chi connectivity index (χ3v) is 2.87. The molecule has 0 rings (SSSR count). The van der Waals surface area contributed by atoms with Crippen LogP contribution in [-0.4, -0.2) is 48.0 Å². The van der Waals surface area contributed by atoms with E-state index in [1.807, 2.05) is 6.92 Å². The van der Waals surface area contributed by atoms with Crippen molar-refractivity contribution in [2.45, 2.75) is 27.2 Å². The zero-order valence-electron chi connectivity index (χ0n) is 9.08. The van der Waals surface area contributed by atoms with Gasteiger partial charge in [-0.2, -0.15) is 0 Å². The van der Waals surface area contributed by atoms with Crippen molar-refractivity contribution in [1.29, 1.82) is 0 Å². The molecule has 0 saturated heterocycles. The van der Waals surface area contributed by atoms with E-state index < -0.39 is 0 Å². The summed E-state index contributed by atoms with van der Waals surface area (Å²) in [6.45, 7) is 9.06. The van der Waals surface area contributed by atoms with E-state index in [0.717, 1.165) is 26.1 Å². The van der Waals surface area contributed by atoms with E-state index in [1.54, 1.807) is 0 Å². The Kier molecular flexibility index (Phi) is 6.29. The lowest BCUT2D eigenvalue weighted by Crippen LogP contribution is -2.42. The molecule has 0 atom stereocenters. The Bertz CT molecular complexity index is 112. The Balaban J connectivity index is 4.21. The molecule has 0 unspecified atom stereocenters. The monoisotopic (exact) mass is 189 g/mol. The van der Waals surface area contributed by atoms with Crippen molar-refractivity contribution in [1.82, 2.24) is 4.90 Å². The van der Waals surface area contributed by atoms with Crippen LogP contribution in [0.4, 0.5) is 0 Å². The van der Waals surface area contributed by atoms with Crippen LogP contribution in [0.25, 0.3) is 0 Å². The summed E-state index contributed by atoms with van der Waals surface area (Å²) in [5.41, 5.74) is -0.313. The summed E-state index contributed by atoms with van der Waals surface area (Å²) in [4.78, 5) is 2.23. The Labute approximate surface area is 81.4 Å². The first-order valence-electron chi connectivity index (χ1n) is 5.12. The Morgan fingerprint density at radius 2 is 1.46 bits per heavy atom. The van der Waals surface area contributed by atoms with Gasteiger partial charge in [-0.15, -0.1) is 0 Å². The smallest absolute Gasteiger partial charge is 0.0521 e. The predicted molar refractivity (Wildman–Crippen MR) is 54.7 cm³/mol. The standard InChI is InChI=1S/C10H23NO2/c1-4-10(8-12,9-13)7-11(5-2)6-3/h12-13H,4-9H2,1-3H3. The zero-order valence-corrected chi connectivity index (χ0v) is 9.08. The highest BCUT2D eigenvalue weighted by Crippen LogP contribution is 2.21. The van der Waals surface area contributed by atoms with Gasteiger partial charge in [0.25, 0.3) is 0 Å². The number of aliphatic hydroxyl groups is 2. The maximum atomic E-state index is 9.23. The van der Waals surface area contributed by atoms with Crippen LogP contribution in [0.3, 0.4) is 0 Å². The van der Waals surface area contributed by atoms with Crippen LogP contribution in [0.5, 0.6) is 0 Å². The molecule has 0 radical (unpaired) electrons. The van der Waals surface area contributed by atoms with Gasteiger partial charge < -0.3 is 15.1 Å². The van der Waals surface area contributed by atoms with Gasteiger partial charge in [0.2, 0.25) is 0 Å². The average Bonchev–Trinajstić information content (AvgIpc) is 2.21. The maximum Gasteiger partial charge on any atom is 0.0521 e. The Hall–Kier alpha value is -0.120. The Morgan fingerprint density at radius 3 is 1.69 bits per heavy atom. The molecule has 0 aromatic rings. The van der Waals surface area contributed by atoms with E-state index >= 15 is 0 Å². The molecule has 2 N–H and O–H groups in total. The van der Waals surface area contributed by atoms with E-state index in [9.17, 15) is 10.2 Å². The fourth-order valence-electron chi connectivity index (χ4n) is 1.41. The van der Waals surface area contributed by atoms with Crippen molar-refractivity contribution in [3.05, 3.63) is 0 Å². The molecule has 0 heterocycles. The highest BCUT2D eigenvalue weighted by molar-refractivity contribution is 4.79. The molecule has 0 aliphatic rings. The van der Waals surface area contributed by atoms with Crippen LogP contribution in [0.15, 0.2) is 0 Å². The van der Waals surface area contributed by atoms with Gasteiger partial charge in [-0.25, -0.2) is 0 Å². The summed E-state index contributed by atoms with van der Waals surface area (Å²) >= 11 is 0. The van der Waals surface area contributed by atoms with Crippen LogP contribution in [0.1, 0.15) is 27.2 Å². The van der Waals surface area contributed by atoms with E-state index in [1.165, 1.54) is 0 Å². The molecule has 80 valence electrons. The zero-order chi connectivity index (χ0) is 10.3. The van der Waals surface area contributed by atoms with Crippen molar-refractivity contribution in [2.75, 3.05) is 32.8 Å². The summed E-state index contributed by atoms with van der Waals surface area (Å²) in [5.74, 6) is 0. The molecule has 0 amide bonds. The molecular formula is C10H23NO2. The molecule has 3 heteroatoms. The minimum absolute atomic E-state index is 0.0660. The lowest BCUT2D eigenvalue weighted by Gasteiger charge is -2.33. The first-order chi connectivity index (χ1) is 6.17. The second-order valence-electron chi connectivity index (χ2n) is 3.63. The van der Waals surface area contributed by atoms with E-state index in [-0.39, 0.29) is 18.6 Å². The van der Waals surface area contributed by atoms with Gasteiger partial charge in [-0.3, -0.25) is 0 Å². The maximum absolute atomic E-state index is 9.23. The largest absolute Gasteiger partial charge is 0.396 e. The van der Waals surface area contributed by atoms with E-state index in [4.69, 9.17) is 0 Å². The van der Waals surface area contributed by atoms with Crippen LogP contribution >= 0.6 is 0 Å². The van der Waals surface area contributed by atoms with Gasteiger partial charge in [0.05, 0.1) is 13.2 Å². The summed E-state index contributed by atoms with van der Waals surface area (Å²) in [6, 6.07) is 0. The topological polar surface area (TPSA) is 43.7 Å². The van der Waals surface area contributed by atoms with E-state index in [0.29, 0.717) is 0 Å². The minimum atomic E-state index is -0.313. The molecule has 0 bridgehead atoms. The quantitative estimate of drug-likeness (QED) is 0.620. The summed E-state index contributed by atoms with van der Waals surface area (Å²) in [5, 5.41) is 18.5. The molecule has 0 fully saturated rings. The van der Waals surface area contributed by atoms with Crippen LogP contribution < -0.4 is 0 Å². The highest BCUT2D eigenvalue weighted by Gasteiger charge is 2.28. The SMILES string of the molecule is CCN(CC)CC(CC)(CO)CO. The lowest BCUT2D eigenvalue weighted by atomic mass is 9.86. The van der Waals surface area contributed by atoms with Crippen molar-refractivity contribution in [3.63, 3.8) is 0 Å². The van der Waals surface area contributed by atoms with Gasteiger partial charge in [0, 0.05) is 12.0 Å². The fourth-order valence-corrected chi connectivity index (χ4v) is 1.41. The number of aliphatic hydroxyl groups excluding tert-OH is 2. The minimum Gasteiger partial charge on any atom is -0.396 e. The van der Waals surface area contributed by atoms with Gasteiger partial charge in [-0.1, -0.05) is 20.8 Å². The van der Waals surface area contributed by atoms with Gasteiger partial charge in [0.1, 0.15) is 0 Å². The second-order valence-corrected chi connectivity index (χ2v) is 3.63. The molecule has 0 aromatic carbocycles. The lowest BCUT2D eigenvalue weighted by molar-refractivity contribution is 0.0207. The molecule has 13 heavy (non-hydrogen) atoms. The molecule has 0 spiro atoms. The highest BCUT2D eigenvalue weighted by atomic mass is 16.3. The molecule has 0 aliphatic heterocycles. The fraction of sp³-hybridized carbons (Fsp3) is 1.00. The molecule has 0 saturated carbocycles. The third-order valence-electron chi connectivity index (χ3n) is 2.87. The predicted octanol–water partition coefficient (Wildman–Crippen LogP) is 0.709. The third kappa shape index (κ3) is 3.63. The second kappa shape index (κ2) is 6.35. The first-order valence-corrected chi connectivity index (χ1v) is 5.12.